The van der Waals surface area contributed by atoms with Crippen LogP contribution >= 0.6 is 0 Å². The number of ether oxygens (including phenoxy) is 1. The maximum atomic E-state index is 12.3. The Morgan fingerprint density at radius 3 is 2.74 bits per heavy atom. The summed E-state index contributed by atoms with van der Waals surface area (Å²) in [6.07, 6.45) is 7.51. The number of esters is 1. The number of amides is 1. The quantitative estimate of drug-likeness (QED) is 0.740. The predicted octanol–water partition coefficient (Wildman–Crippen LogP) is 0.827. The van der Waals surface area contributed by atoms with E-state index in [9.17, 15) is 9.59 Å². The Hall–Kier alpha value is -1.85. The monoisotopic (exact) mass is 265 g/mol. The van der Waals surface area contributed by atoms with Gasteiger partial charge in [0.15, 0.2) is 0 Å². The van der Waals surface area contributed by atoms with Gasteiger partial charge in [-0.25, -0.2) is 0 Å². The van der Waals surface area contributed by atoms with Crippen LogP contribution in [-0.2, 0) is 20.9 Å². The first-order valence-electron chi connectivity index (χ1n) is 6.54. The second kappa shape index (κ2) is 6.36. The average Bonchev–Trinajstić information content (AvgIpc) is 3.08. The Labute approximate surface area is 112 Å². The highest BCUT2D eigenvalue weighted by atomic mass is 16.5. The molecule has 0 atom stereocenters. The van der Waals surface area contributed by atoms with E-state index >= 15 is 0 Å². The Morgan fingerprint density at radius 1 is 1.42 bits per heavy atom. The van der Waals surface area contributed by atoms with E-state index in [2.05, 4.69) is 9.84 Å². The number of hydrogen-bond donors (Lipinski definition) is 0. The number of rotatable bonds is 5. The van der Waals surface area contributed by atoms with Crippen LogP contribution in [0.3, 0.4) is 0 Å². The molecular formula is C13H19N3O3. The Balaban J connectivity index is 2.02. The standard InChI is InChI=1S/C13H19N3O3/c1-19-13(18)10-16(11-5-2-3-6-11)12(17)9-15-8-4-7-14-15/h4,7-8,11H,2-3,5-6,9-10H2,1H3. The zero-order chi connectivity index (χ0) is 13.7. The fraction of sp³-hybridized carbons (Fsp3) is 0.615. The molecule has 0 aromatic carbocycles. The van der Waals surface area contributed by atoms with Crippen LogP contribution in [0.1, 0.15) is 25.7 Å². The molecule has 1 saturated carbocycles. The fourth-order valence-electron chi connectivity index (χ4n) is 2.46. The minimum absolute atomic E-state index is 0.0290. The summed E-state index contributed by atoms with van der Waals surface area (Å²) in [7, 11) is 1.34. The summed E-state index contributed by atoms with van der Waals surface area (Å²) in [6, 6.07) is 1.93. The van der Waals surface area contributed by atoms with Crippen molar-refractivity contribution in [2.75, 3.05) is 13.7 Å². The lowest BCUT2D eigenvalue weighted by Gasteiger charge is -2.27. The largest absolute Gasteiger partial charge is 0.468 e. The van der Waals surface area contributed by atoms with Crippen LogP contribution in [-0.4, -0.2) is 46.3 Å². The number of nitrogens with zero attached hydrogens (tertiary/aromatic N) is 3. The Bertz CT molecular complexity index is 424. The summed E-state index contributed by atoms with van der Waals surface area (Å²) in [5, 5.41) is 4.02. The zero-order valence-electron chi connectivity index (χ0n) is 11.1. The third-order valence-corrected chi connectivity index (χ3v) is 3.47. The number of methoxy groups -OCH3 is 1. The number of hydrogen-bond acceptors (Lipinski definition) is 4. The molecule has 0 unspecified atom stereocenters. The summed E-state index contributed by atoms with van der Waals surface area (Å²) in [5.41, 5.74) is 0. The van der Waals surface area contributed by atoms with E-state index in [1.54, 1.807) is 28.0 Å². The molecule has 1 fully saturated rings. The van der Waals surface area contributed by atoms with Crippen molar-refractivity contribution < 1.29 is 14.3 Å². The molecule has 1 heterocycles. The van der Waals surface area contributed by atoms with E-state index in [1.165, 1.54) is 7.11 Å². The predicted molar refractivity (Wildman–Crippen MR) is 68.2 cm³/mol. The van der Waals surface area contributed by atoms with Gasteiger partial charge < -0.3 is 9.64 Å². The second-order valence-electron chi connectivity index (χ2n) is 4.74. The van der Waals surface area contributed by atoms with E-state index in [0.717, 1.165) is 25.7 Å². The molecule has 0 spiro atoms. The molecule has 6 heteroatoms. The van der Waals surface area contributed by atoms with Crippen molar-refractivity contribution in [3.63, 3.8) is 0 Å². The van der Waals surface area contributed by atoms with Gasteiger partial charge in [-0.2, -0.15) is 5.10 Å². The van der Waals surface area contributed by atoms with Crippen LogP contribution in [0.25, 0.3) is 0 Å². The van der Waals surface area contributed by atoms with Crippen LogP contribution in [0.2, 0.25) is 0 Å². The molecule has 1 aliphatic rings. The van der Waals surface area contributed by atoms with Crippen LogP contribution in [0, 0.1) is 0 Å². The van der Waals surface area contributed by atoms with Crippen LogP contribution in [0.15, 0.2) is 18.5 Å². The van der Waals surface area contributed by atoms with E-state index in [4.69, 9.17) is 0 Å². The van der Waals surface area contributed by atoms with E-state index < -0.39 is 0 Å². The smallest absolute Gasteiger partial charge is 0.325 e. The van der Waals surface area contributed by atoms with Gasteiger partial charge in [-0.15, -0.1) is 0 Å². The Kier molecular flexibility index (Phi) is 4.54. The molecule has 0 bridgehead atoms. The highest BCUT2D eigenvalue weighted by molar-refractivity contribution is 5.82. The van der Waals surface area contributed by atoms with E-state index in [1.807, 2.05) is 0 Å². The topological polar surface area (TPSA) is 64.4 Å². The van der Waals surface area contributed by atoms with Crippen LogP contribution in [0.4, 0.5) is 0 Å². The highest BCUT2D eigenvalue weighted by Crippen LogP contribution is 2.23. The first kappa shape index (κ1) is 13.6. The fourth-order valence-corrected chi connectivity index (χ4v) is 2.46. The van der Waals surface area contributed by atoms with Gasteiger partial charge in [-0.1, -0.05) is 12.8 Å². The minimum atomic E-state index is -0.374. The van der Waals surface area contributed by atoms with Gasteiger partial charge in [0.05, 0.1) is 7.11 Å². The molecule has 1 aromatic rings. The van der Waals surface area contributed by atoms with Crippen molar-refractivity contribution in [2.45, 2.75) is 38.3 Å². The average molecular weight is 265 g/mol. The molecule has 104 valence electrons. The molecule has 0 aliphatic heterocycles. The van der Waals surface area contributed by atoms with Crippen molar-refractivity contribution in [3.8, 4) is 0 Å². The maximum absolute atomic E-state index is 12.3. The van der Waals surface area contributed by atoms with Crippen molar-refractivity contribution in [2.24, 2.45) is 0 Å². The maximum Gasteiger partial charge on any atom is 0.325 e. The van der Waals surface area contributed by atoms with Gasteiger partial charge in [0.2, 0.25) is 5.91 Å². The van der Waals surface area contributed by atoms with Gasteiger partial charge in [0, 0.05) is 18.4 Å². The van der Waals surface area contributed by atoms with Crippen molar-refractivity contribution >= 4 is 11.9 Å². The summed E-state index contributed by atoms with van der Waals surface area (Å²) < 4.78 is 6.24. The summed E-state index contributed by atoms with van der Waals surface area (Å²) >= 11 is 0. The molecule has 0 N–H and O–H groups in total. The first-order valence-corrected chi connectivity index (χ1v) is 6.54. The van der Waals surface area contributed by atoms with E-state index in [-0.39, 0.29) is 31.0 Å². The summed E-state index contributed by atoms with van der Waals surface area (Å²) in [4.78, 5) is 25.4. The van der Waals surface area contributed by atoms with Crippen molar-refractivity contribution in [3.05, 3.63) is 18.5 Å². The van der Waals surface area contributed by atoms with Gasteiger partial charge in [0.25, 0.3) is 0 Å². The van der Waals surface area contributed by atoms with Gasteiger partial charge in [0.1, 0.15) is 13.1 Å². The first-order chi connectivity index (χ1) is 9.20. The molecule has 0 saturated heterocycles. The summed E-state index contributed by atoms with van der Waals surface area (Å²) in [6.45, 7) is 0.196. The number of carbonyl (C=O) groups excluding carboxylic acids is 2. The Morgan fingerprint density at radius 2 is 2.16 bits per heavy atom. The molecule has 6 nitrogen and oxygen atoms in total. The third-order valence-electron chi connectivity index (χ3n) is 3.47. The zero-order valence-corrected chi connectivity index (χ0v) is 11.1. The molecule has 1 amide bonds. The SMILES string of the molecule is COC(=O)CN(C(=O)Cn1cccn1)C1CCCC1. The lowest BCUT2D eigenvalue weighted by Crippen LogP contribution is -2.44. The molecule has 1 aromatic heterocycles. The van der Waals surface area contributed by atoms with Crippen LogP contribution < -0.4 is 0 Å². The molecule has 0 radical (unpaired) electrons. The summed E-state index contributed by atoms with van der Waals surface area (Å²) in [5.74, 6) is -0.457. The molecule has 1 aliphatic carbocycles. The minimum Gasteiger partial charge on any atom is -0.468 e. The van der Waals surface area contributed by atoms with Gasteiger partial charge >= 0.3 is 5.97 Å². The van der Waals surface area contributed by atoms with Gasteiger partial charge in [-0.3, -0.25) is 14.3 Å². The molecule has 2 rings (SSSR count). The van der Waals surface area contributed by atoms with Crippen LogP contribution in [0.5, 0.6) is 0 Å². The molecular weight excluding hydrogens is 246 g/mol. The molecule has 19 heavy (non-hydrogen) atoms. The highest BCUT2D eigenvalue weighted by Gasteiger charge is 2.28. The van der Waals surface area contributed by atoms with Crippen molar-refractivity contribution in [1.29, 1.82) is 0 Å². The normalized spacial score (nSPS) is 15.4. The van der Waals surface area contributed by atoms with Crippen molar-refractivity contribution in [1.82, 2.24) is 14.7 Å². The van der Waals surface area contributed by atoms with Gasteiger partial charge in [-0.05, 0) is 18.9 Å². The lowest BCUT2D eigenvalue weighted by atomic mass is 10.2. The second-order valence-corrected chi connectivity index (χ2v) is 4.74. The lowest BCUT2D eigenvalue weighted by molar-refractivity contribution is -0.148. The third kappa shape index (κ3) is 3.56. The van der Waals surface area contributed by atoms with E-state index in [0.29, 0.717) is 0 Å². The number of aromatic nitrogens is 2. The number of carbonyl (C=O) groups is 2.